The predicted molar refractivity (Wildman–Crippen MR) is 145 cm³/mol. The van der Waals surface area contributed by atoms with Crippen LogP contribution >= 0.6 is 11.8 Å². The Morgan fingerprint density at radius 3 is 2.14 bits per heavy atom. The first-order chi connectivity index (χ1) is 17.5. The SMILES string of the molecule is CCc1cc(CCO)c(SC2=C(O)CC(CCc3ccccc3)(c3ccccc3)OC2=O)cc1CC. The van der Waals surface area contributed by atoms with Gasteiger partial charge in [-0.15, -0.1) is 0 Å². The number of thioether (sulfide) groups is 1. The quantitative estimate of drug-likeness (QED) is 0.303. The molecule has 0 amide bonds. The minimum absolute atomic E-state index is 0.0221. The van der Waals surface area contributed by atoms with Crippen molar-refractivity contribution in [2.24, 2.45) is 0 Å². The van der Waals surface area contributed by atoms with Gasteiger partial charge in [-0.2, -0.15) is 0 Å². The zero-order chi connectivity index (χ0) is 25.5. The van der Waals surface area contributed by atoms with E-state index >= 15 is 0 Å². The Morgan fingerprint density at radius 1 is 0.889 bits per heavy atom. The first-order valence-electron chi connectivity index (χ1n) is 12.7. The van der Waals surface area contributed by atoms with Crippen molar-refractivity contribution in [2.75, 3.05) is 6.61 Å². The number of carbonyl (C=O) groups is 1. The number of benzene rings is 3. The molecule has 0 radical (unpaired) electrons. The number of aryl methyl sites for hydroxylation is 3. The average Bonchev–Trinajstić information content (AvgIpc) is 2.91. The molecule has 188 valence electrons. The van der Waals surface area contributed by atoms with Gasteiger partial charge in [0, 0.05) is 11.5 Å². The van der Waals surface area contributed by atoms with E-state index in [4.69, 9.17) is 4.74 Å². The normalized spacial score (nSPS) is 17.8. The zero-order valence-electron chi connectivity index (χ0n) is 21.0. The van der Waals surface area contributed by atoms with Crippen LogP contribution in [0, 0.1) is 0 Å². The van der Waals surface area contributed by atoms with Crippen LogP contribution in [0.5, 0.6) is 0 Å². The van der Waals surface area contributed by atoms with E-state index in [-0.39, 0.29) is 23.7 Å². The molecule has 1 unspecified atom stereocenters. The summed E-state index contributed by atoms with van der Waals surface area (Å²) in [6, 6.07) is 24.0. The minimum Gasteiger partial charge on any atom is -0.511 e. The van der Waals surface area contributed by atoms with Crippen LogP contribution in [-0.2, 0) is 40.8 Å². The van der Waals surface area contributed by atoms with Gasteiger partial charge in [-0.25, -0.2) is 4.79 Å². The largest absolute Gasteiger partial charge is 0.511 e. The van der Waals surface area contributed by atoms with Gasteiger partial charge < -0.3 is 14.9 Å². The fraction of sp³-hybridized carbons (Fsp3) is 0.323. The molecule has 0 spiro atoms. The Kier molecular flexibility index (Phi) is 8.55. The summed E-state index contributed by atoms with van der Waals surface area (Å²) < 4.78 is 6.21. The van der Waals surface area contributed by atoms with Crippen molar-refractivity contribution < 1.29 is 19.7 Å². The van der Waals surface area contributed by atoms with Gasteiger partial charge in [0.1, 0.15) is 16.3 Å². The molecule has 3 aromatic rings. The molecule has 1 atom stereocenters. The van der Waals surface area contributed by atoms with E-state index < -0.39 is 11.6 Å². The van der Waals surface area contributed by atoms with Gasteiger partial charge in [0.2, 0.25) is 0 Å². The highest BCUT2D eigenvalue weighted by atomic mass is 32.2. The summed E-state index contributed by atoms with van der Waals surface area (Å²) in [6.45, 7) is 4.25. The van der Waals surface area contributed by atoms with Crippen LogP contribution in [0.15, 0.2) is 88.4 Å². The summed E-state index contributed by atoms with van der Waals surface area (Å²) in [5.41, 5.74) is 4.55. The van der Waals surface area contributed by atoms with Gasteiger partial charge in [0.25, 0.3) is 0 Å². The van der Waals surface area contributed by atoms with Crippen LogP contribution < -0.4 is 0 Å². The van der Waals surface area contributed by atoms with E-state index in [0.717, 1.165) is 40.8 Å². The fourth-order valence-corrected chi connectivity index (χ4v) is 5.93. The Morgan fingerprint density at radius 2 is 1.53 bits per heavy atom. The molecule has 0 aliphatic carbocycles. The molecule has 1 aliphatic heterocycles. The predicted octanol–water partition coefficient (Wildman–Crippen LogP) is 6.68. The second-order valence-corrected chi connectivity index (χ2v) is 10.3. The molecule has 5 heteroatoms. The third-order valence-corrected chi connectivity index (χ3v) is 8.09. The molecule has 0 aromatic heterocycles. The number of rotatable bonds is 10. The van der Waals surface area contributed by atoms with Crippen molar-refractivity contribution in [1.29, 1.82) is 0 Å². The fourth-order valence-electron chi connectivity index (χ4n) is 4.90. The van der Waals surface area contributed by atoms with E-state index in [1.807, 2.05) is 48.5 Å². The molecule has 0 saturated heterocycles. The number of hydrogen-bond donors (Lipinski definition) is 2. The van der Waals surface area contributed by atoms with Crippen LogP contribution in [0.1, 0.15) is 54.5 Å². The van der Waals surface area contributed by atoms with Crippen molar-refractivity contribution in [3.8, 4) is 0 Å². The van der Waals surface area contributed by atoms with Crippen molar-refractivity contribution in [3.63, 3.8) is 0 Å². The first kappa shape index (κ1) is 26.1. The third-order valence-electron chi connectivity index (χ3n) is 6.89. The van der Waals surface area contributed by atoms with Gasteiger partial charge in [0.05, 0.1) is 6.42 Å². The Balaban J connectivity index is 1.68. The number of ether oxygens (including phenoxy) is 1. The highest BCUT2D eigenvalue weighted by Gasteiger charge is 2.43. The van der Waals surface area contributed by atoms with Gasteiger partial charge in [0.15, 0.2) is 0 Å². The molecule has 1 aliphatic rings. The summed E-state index contributed by atoms with van der Waals surface area (Å²) in [5.74, 6) is -0.450. The molecule has 1 heterocycles. The monoisotopic (exact) mass is 502 g/mol. The second-order valence-electron chi connectivity index (χ2n) is 9.20. The maximum atomic E-state index is 13.4. The molecule has 0 fully saturated rings. The molecule has 0 saturated carbocycles. The van der Waals surface area contributed by atoms with Crippen LogP contribution in [0.4, 0.5) is 0 Å². The van der Waals surface area contributed by atoms with Crippen LogP contribution in [0.2, 0.25) is 0 Å². The smallest absolute Gasteiger partial charge is 0.349 e. The number of hydrogen-bond acceptors (Lipinski definition) is 5. The summed E-state index contributed by atoms with van der Waals surface area (Å²) in [5, 5.41) is 20.9. The Hall–Kier alpha value is -3.02. The number of esters is 1. The highest BCUT2D eigenvalue weighted by molar-refractivity contribution is 8.04. The lowest BCUT2D eigenvalue weighted by molar-refractivity contribution is -0.160. The summed E-state index contributed by atoms with van der Waals surface area (Å²) >= 11 is 1.25. The molecule has 3 aromatic carbocycles. The van der Waals surface area contributed by atoms with Gasteiger partial charge in [-0.1, -0.05) is 92.3 Å². The van der Waals surface area contributed by atoms with Crippen LogP contribution in [0.25, 0.3) is 0 Å². The number of carbonyl (C=O) groups excluding carboxylic acids is 1. The number of aliphatic hydroxyl groups excluding tert-OH is 2. The van der Waals surface area contributed by atoms with Gasteiger partial charge in [-0.05, 0) is 66.0 Å². The van der Waals surface area contributed by atoms with Crippen molar-refractivity contribution in [3.05, 3.63) is 111 Å². The van der Waals surface area contributed by atoms with Crippen LogP contribution in [0.3, 0.4) is 0 Å². The third kappa shape index (κ3) is 5.69. The number of cyclic esters (lactones) is 1. The minimum atomic E-state index is -0.934. The van der Waals surface area contributed by atoms with E-state index in [1.165, 1.54) is 22.9 Å². The topological polar surface area (TPSA) is 66.8 Å². The lowest BCUT2D eigenvalue weighted by Gasteiger charge is -2.37. The average molecular weight is 503 g/mol. The molecule has 0 bridgehead atoms. The second kappa shape index (κ2) is 11.8. The van der Waals surface area contributed by atoms with E-state index in [0.29, 0.717) is 12.8 Å². The summed E-state index contributed by atoms with van der Waals surface area (Å²) in [4.78, 5) is 14.6. The standard InChI is InChI=1S/C31H34O4S/c1-3-23-19-25(16-18-32)28(20-24(23)4-2)36-29-27(33)21-31(35-30(29)34,26-13-9-6-10-14-26)17-15-22-11-7-5-8-12-22/h5-14,19-20,32-33H,3-4,15-18,21H2,1-2H3. The molecule has 2 N–H and O–H groups in total. The van der Waals surface area contributed by atoms with Gasteiger partial charge in [-0.3, -0.25) is 0 Å². The Labute approximate surface area is 218 Å². The van der Waals surface area contributed by atoms with E-state index in [2.05, 4.69) is 38.1 Å². The Bertz CT molecular complexity index is 1220. The zero-order valence-corrected chi connectivity index (χ0v) is 21.8. The summed E-state index contributed by atoms with van der Waals surface area (Å²) in [7, 11) is 0. The van der Waals surface area contributed by atoms with Crippen molar-refractivity contribution in [1.82, 2.24) is 0 Å². The van der Waals surface area contributed by atoms with Gasteiger partial charge >= 0.3 is 5.97 Å². The van der Waals surface area contributed by atoms with Crippen molar-refractivity contribution in [2.45, 2.75) is 62.9 Å². The van der Waals surface area contributed by atoms with E-state index in [9.17, 15) is 15.0 Å². The molecular formula is C31H34O4S. The van der Waals surface area contributed by atoms with E-state index in [1.54, 1.807) is 0 Å². The maximum absolute atomic E-state index is 13.4. The molecule has 4 nitrogen and oxygen atoms in total. The van der Waals surface area contributed by atoms with Crippen LogP contribution in [-0.4, -0.2) is 22.8 Å². The van der Waals surface area contributed by atoms with Crippen molar-refractivity contribution >= 4 is 17.7 Å². The first-order valence-corrected chi connectivity index (χ1v) is 13.5. The molecule has 36 heavy (non-hydrogen) atoms. The number of aliphatic hydroxyl groups is 2. The summed E-state index contributed by atoms with van der Waals surface area (Å²) in [6.07, 6.45) is 3.79. The lowest BCUT2D eigenvalue weighted by atomic mass is 9.82. The lowest BCUT2D eigenvalue weighted by Crippen LogP contribution is -2.38. The molecular weight excluding hydrogens is 468 g/mol. The maximum Gasteiger partial charge on any atom is 0.349 e. The molecule has 4 rings (SSSR count). The highest BCUT2D eigenvalue weighted by Crippen LogP contribution is 2.45.